The molecule has 0 spiro atoms. The Morgan fingerprint density at radius 3 is 2.50 bits per heavy atom. The van der Waals surface area contributed by atoms with Gasteiger partial charge in [0.1, 0.15) is 5.00 Å². The Bertz CT molecular complexity index is 735. The van der Waals surface area contributed by atoms with E-state index in [-0.39, 0.29) is 11.9 Å². The van der Waals surface area contributed by atoms with E-state index in [4.69, 9.17) is 4.74 Å². The van der Waals surface area contributed by atoms with E-state index in [9.17, 15) is 9.59 Å². The average Bonchev–Trinajstić information content (AvgIpc) is 2.81. The molecule has 0 saturated heterocycles. The number of nitrogens with one attached hydrogen (secondary N) is 1. The van der Waals surface area contributed by atoms with Crippen LogP contribution in [0.25, 0.3) is 0 Å². The van der Waals surface area contributed by atoms with Crippen molar-refractivity contribution in [2.24, 2.45) is 0 Å². The number of hydrogen-bond donors (Lipinski definition) is 1. The zero-order valence-corrected chi connectivity index (χ0v) is 15.3. The number of aryl methyl sites for hydroxylation is 3. The minimum Gasteiger partial charge on any atom is -0.462 e. The first kappa shape index (κ1) is 18.1. The van der Waals surface area contributed by atoms with Crippen molar-refractivity contribution in [3.8, 4) is 0 Å². The maximum absolute atomic E-state index is 12.2. The number of nitrogens with zero attached hydrogens (tertiary/aromatic N) is 1. The van der Waals surface area contributed by atoms with Crippen molar-refractivity contribution in [3.63, 3.8) is 0 Å². The predicted molar refractivity (Wildman–Crippen MR) is 94.4 cm³/mol. The number of pyridine rings is 1. The molecule has 2 aromatic heterocycles. The summed E-state index contributed by atoms with van der Waals surface area (Å²) in [5.41, 5.74) is 2.51. The summed E-state index contributed by atoms with van der Waals surface area (Å²) in [6.07, 6.45) is 4.24. The Morgan fingerprint density at radius 1 is 1.21 bits per heavy atom. The number of thiophene rings is 1. The molecule has 2 heterocycles. The van der Waals surface area contributed by atoms with E-state index in [0.29, 0.717) is 30.1 Å². The van der Waals surface area contributed by atoms with Crippen LogP contribution in [0.5, 0.6) is 0 Å². The molecule has 2 aromatic rings. The number of esters is 1. The summed E-state index contributed by atoms with van der Waals surface area (Å²) < 4.78 is 7.06. The third kappa shape index (κ3) is 4.41. The van der Waals surface area contributed by atoms with E-state index in [2.05, 4.69) is 5.32 Å². The molecule has 2 rings (SSSR count). The highest BCUT2D eigenvalue weighted by Gasteiger charge is 2.22. The number of carbonyl (C=O) groups is 2. The minimum atomic E-state index is -0.387. The fraction of sp³-hybridized carbons (Fsp3) is 0.389. The van der Waals surface area contributed by atoms with Crippen molar-refractivity contribution >= 4 is 28.2 Å². The van der Waals surface area contributed by atoms with Crippen LogP contribution >= 0.6 is 11.3 Å². The molecule has 0 radical (unpaired) electrons. The van der Waals surface area contributed by atoms with Gasteiger partial charge in [0.05, 0.1) is 18.6 Å². The second kappa shape index (κ2) is 8.06. The molecular weight excluding hydrogens is 324 g/mol. The first-order valence-corrected chi connectivity index (χ1v) is 8.76. The molecule has 0 aliphatic rings. The molecule has 1 amide bonds. The van der Waals surface area contributed by atoms with E-state index in [1.165, 1.54) is 16.9 Å². The fourth-order valence-corrected chi connectivity index (χ4v) is 3.33. The van der Waals surface area contributed by atoms with Gasteiger partial charge in [-0.05, 0) is 38.8 Å². The van der Waals surface area contributed by atoms with Crippen LogP contribution in [-0.2, 0) is 16.1 Å². The van der Waals surface area contributed by atoms with Crippen LogP contribution in [0.3, 0.4) is 0 Å². The Kier molecular flexibility index (Phi) is 6.09. The molecule has 0 aliphatic heterocycles. The number of carbonyl (C=O) groups excluding carboxylic acids is 2. The largest absolute Gasteiger partial charge is 0.462 e. The smallest absolute Gasteiger partial charge is 0.341 e. The Labute approximate surface area is 146 Å². The van der Waals surface area contributed by atoms with E-state index < -0.39 is 0 Å². The second-order valence-corrected chi connectivity index (χ2v) is 6.84. The number of aromatic nitrogens is 1. The van der Waals surface area contributed by atoms with E-state index in [1.807, 2.05) is 49.9 Å². The maximum atomic E-state index is 12.2. The summed E-state index contributed by atoms with van der Waals surface area (Å²) in [6, 6.07) is 4.01. The van der Waals surface area contributed by atoms with Gasteiger partial charge in [0.2, 0.25) is 5.91 Å². The summed E-state index contributed by atoms with van der Waals surface area (Å²) in [6.45, 7) is 8.49. The second-order valence-electron chi connectivity index (χ2n) is 5.62. The van der Waals surface area contributed by atoms with E-state index in [1.54, 1.807) is 6.92 Å². The van der Waals surface area contributed by atoms with Crippen molar-refractivity contribution in [2.45, 2.75) is 40.7 Å². The van der Waals surface area contributed by atoms with Gasteiger partial charge in [-0.15, -0.1) is 11.3 Å². The zero-order chi connectivity index (χ0) is 17.7. The van der Waals surface area contributed by atoms with Gasteiger partial charge in [0.25, 0.3) is 0 Å². The summed E-state index contributed by atoms with van der Waals surface area (Å²) in [5, 5.41) is 3.43. The number of anilines is 1. The standard InChI is InChI=1S/C18H22N2O3S/c1-5-23-18(22)16-13(3)14(4)24-17(16)19-15(21)8-11-20-9-6-12(2)7-10-20/h6-7,9-10H,5,8,11H2,1-4H3/p+1. The van der Waals surface area contributed by atoms with Crippen LogP contribution in [-0.4, -0.2) is 18.5 Å². The zero-order valence-electron chi connectivity index (χ0n) is 14.5. The molecular formula is C18H23N2O3S+. The molecule has 0 atom stereocenters. The molecule has 0 aliphatic carbocycles. The molecule has 0 bridgehead atoms. The van der Waals surface area contributed by atoms with Gasteiger partial charge in [-0.3, -0.25) is 4.79 Å². The summed E-state index contributed by atoms with van der Waals surface area (Å²) in [4.78, 5) is 25.4. The normalized spacial score (nSPS) is 10.5. The highest BCUT2D eigenvalue weighted by Crippen LogP contribution is 2.33. The first-order chi connectivity index (χ1) is 11.4. The third-order valence-electron chi connectivity index (χ3n) is 3.77. The van der Waals surface area contributed by atoms with E-state index >= 15 is 0 Å². The Hall–Kier alpha value is -2.21. The maximum Gasteiger partial charge on any atom is 0.341 e. The number of ether oxygens (including phenoxy) is 1. The van der Waals surface area contributed by atoms with Gasteiger partial charge in [0.15, 0.2) is 18.9 Å². The molecule has 0 saturated carbocycles. The van der Waals surface area contributed by atoms with Gasteiger partial charge < -0.3 is 10.1 Å². The summed E-state index contributed by atoms with van der Waals surface area (Å²) >= 11 is 1.41. The van der Waals surface area contributed by atoms with Crippen molar-refractivity contribution < 1.29 is 18.9 Å². The van der Waals surface area contributed by atoms with Crippen LogP contribution in [0.1, 0.15) is 39.7 Å². The molecule has 24 heavy (non-hydrogen) atoms. The van der Waals surface area contributed by atoms with Gasteiger partial charge in [-0.2, -0.15) is 0 Å². The third-order valence-corrected chi connectivity index (χ3v) is 4.90. The van der Waals surface area contributed by atoms with E-state index in [0.717, 1.165) is 10.4 Å². The SMILES string of the molecule is CCOC(=O)c1c(NC(=O)CC[n+]2ccc(C)cc2)sc(C)c1C. The molecule has 5 nitrogen and oxygen atoms in total. The van der Waals surface area contributed by atoms with Crippen LogP contribution in [0, 0.1) is 20.8 Å². The van der Waals surface area contributed by atoms with Gasteiger partial charge in [-0.1, -0.05) is 0 Å². The fourth-order valence-electron chi connectivity index (χ4n) is 2.26. The first-order valence-electron chi connectivity index (χ1n) is 7.95. The molecule has 6 heteroatoms. The Morgan fingerprint density at radius 2 is 1.88 bits per heavy atom. The average molecular weight is 347 g/mol. The molecule has 128 valence electrons. The lowest BCUT2D eigenvalue weighted by molar-refractivity contribution is -0.695. The summed E-state index contributed by atoms with van der Waals surface area (Å²) in [7, 11) is 0. The highest BCUT2D eigenvalue weighted by atomic mass is 32.1. The van der Waals surface area contributed by atoms with Crippen LogP contribution in [0.15, 0.2) is 24.5 Å². The number of rotatable bonds is 6. The van der Waals surface area contributed by atoms with Crippen LogP contribution in [0.2, 0.25) is 0 Å². The molecule has 0 unspecified atom stereocenters. The lowest BCUT2D eigenvalue weighted by atomic mass is 10.1. The lowest BCUT2D eigenvalue weighted by Gasteiger charge is -2.06. The number of amides is 1. The van der Waals surface area contributed by atoms with Crippen molar-refractivity contribution in [1.29, 1.82) is 0 Å². The summed E-state index contributed by atoms with van der Waals surface area (Å²) in [5.74, 6) is -0.502. The highest BCUT2D eigenvalue weighted by molar-refractivity contribution is 7.16. The minimum absolute atomic E-state index is 0.116. The van der Waals surface area contributed by atoms with Crippen molar-refractivity contribution in [1.82, 2.24) is 0 Å². The topological polar surface area (TPSA) is 59.3 Å². The van der Waals surface area contributed by atoms with Crippen molar-refractivity contribution in [3.05, 3.63) is 46.1 Å². The molecule has 1 N–H and O–H groups in total. The quantitative estimate of drug-likeness (QED) is 0.645. The lowest BCUT2D eigenvalue weighted by Crippen LogP contribution is -2.34. The monoisotopic (exact) mass is 347 g/mol. The van der Waals surface area contributed by atoms with Crippen molar-refractivity contribution in [2.75, 3.05) is 11.9 Å². The van der Waals surface area contributed by atoms with Gasteiger partial charge >= 0.3 is 5.97 Å². The predicted octanol–water partition coefficient (Wildman–Crippen LogP) is 3.17. The molecule has 0 aromatic carbocycles. The van der Waals surface area contributed by atoms with Gasteiger partial charge in [-0.25, -0.2) is 9.36 Å². The number of hydrogen-bond acceptors (Lipinski definition) is 4. The van der Waals surface area contributed by atoms with Crippen LogP contribution in [0.4, 0.5) is 5.00 Å². The van der Waals surface area contributed by atoms with Gasteiger partial charge in [0, 0.05) is 17.0 Å². The Balaban J connectivity index is 2.04. The molecule has 0 fully saturated rings. The van der Waals surface area contributed by atoms with Crippen LogP contribution < -0.4 is 9.88 Å².